The van der Waals surface area contributed by atoms with Crippen LogP contribution in [0.4, 0.5) is 5.13 Å². The molecule has 2 unspecified atom stereocenters. The van der Waals surface area contributed by atoms with Crippen molar-refractivity contribution in [1.29, 1.82) is 0 Å². The summed E-state index contributed by atoms with van der Waals surface area (Å²) in [5, 5.41) is 8.80. The average Bonchev–Trinajstić information content (AvgIpc) is 2.52. The molecule has 2 heterocycles. The van der Waals surface area contributed by atoms with Gasteiger partial charge < -0.3 is 5.32 Å². The normalized spacial score (nSPS) is 25.6. The van der Waals surface area contributed by atoms with Gasteiger partial charge >= 0.3 is 0 Å². The van der Waals surface area contributed by atoms with Crippen LogP contribution < -0.4 is 5.32 Å². The van der Waals surface area contributed by atoms with Gasteiger partial charge in [0.1, 0.15) is 0 Å². The molecule has 0 bridgehead atoms. The van der Waals surface area contributed by atoms with Gasteiger partial charge in [-0.05, 0) is 19.3 Å². The second kappa shape index (κ2) is 2.70. The van der Waals surface area contributed by atoms with Gasteiger partial charge in [-0.15, -0.1) is 5.10 Å². The molecular formula is C9H12N4S. The number of imidazole rings is 1. The van der Waals surface area contributed by atoms with Gasteiger partial charge in [-0.1, -0.05) is 18.3 Å². The van der Waals surface area contributed by atoms with Crippen LogP contribution in [0.5, 0.6) is 0 Å². The standard InChI is InChI=1S/C9H12N4S/c1-5-3-7(5)11-8-12-13-4-6(2)10-9(13)14-8/h4-5,7H,3H2,1-2H3,(H,11,12). The molecule has 2 aromatic rings. The van der Waals surface area contributed by atoms with Crippen LogP contribution in [-0.2, 0) is 0 Å². The van der Waals surface area contributed by atoms with Crippen molar-refractivity contribution >= 4 is 21.4 Å². The molecule has 0 aliphatic heterocycles. The Morgan fingerprint density at radius 1 is 1.64 bits per heavy atom. The van der Waals surface area contributed by atoms with Crippen molar-refractivity contribution < 1.29 is 0 Å². The van der Waals surface area contributed by atoms with Crippen molar-refractivity contribution in [2.75, 3.05) is 5.32 Å². The van der Waals surface area contributed by atoms with Crippen molar-refractivity contribution in [2.45, 2.75) is 26.3 Å². The summed E-state index contributed by atoms with van der Waals surface area (Å²) in [4.78, 5) is 5.33. The Balaban J connectivity index is 1.87. The van der Waals surface area contributed by atoms with Gasteiger partial charge in [0.05, 0.1) is 11.9 Å². The lowest BCUT2D eigenvalue weighted by atomic mass is 10.5. The number of rotatable bonds is 2. The Bertz CT molecular complexity index is 441. The molecule has 3 rings (SSSR count). The number of nitrogens with zero attached hydrogens (tertiary/aromatic N) is 3. The number of hydrogen-bond donors (Lipinski definition) is 1. The zero-order valence-corrected chi connectivity index (χ0v) is 9.01. The minimum Gasteiger partial charge on any atom is -0.357 e. The first-order chi connectivity index (χ1) is 6.72. The highest BCUT2D eigenvalue weighted by atomic mass is 32.1. The molecule has 74 valence electrons. The maximum atomic E-state index is 4.41. The van der Waals surface area contributed by atoms with Crippen LogP contribution in [0, 0.1) is 12.8 Å². The summed E-state index contributed by atoms with van der Waals surface area (Å²) >= 11 is 1.62. The number of aromatic nitrogens is 3. The molecule has 5 heteroatoms. The Labute approximate surface area is 86.0 Å². The van der Waals surface area contributed by atoms with Crippen LogP contribution in [0.2, 0.25) is 0 Å². The van der Waals surface area contributed by atoms with Crippen molar-refractivity contribution in [3.05, 3.63) is 11.9 Å². The van der Waals surface area contributed by atoms with E-state index in [0.29, 0.717) is 6.04 Å². The summed E-state index contributed by atoms with van der Waals surface area (Å²) in [5.74, 6) is 0.799. The fourth-order valence-electron chi connectivity index (χ4n) is 1.55. The second-order valence-corrected chi connectivity index (χ2v) is 4.94. The van der Waals surface area contributed by atoms with E-state index in [-0.39, 0.29) is 0 Å². The molecule has 0 spiro atoms. The Morgan fingerprint density at radius 3 is 3.07 bits per heavy atom. The quantitative estimate of drug-likeness (QED) is 0.820. The first-order valence-electron chi connectivity index (χ1n) is 4.82. The Morgan fingerprint density at radius 2 is 2.43 bits per heavy atom. The lowest BCUT2D eigenvalue weighted by Gasteiger charge is -1.96. The number of hydrogen-bond acceptors (Lipinski definition) is 4. The molecule has 0 amide bonds. The molecule has 1 fully saturated rings. The summed E-state index contributed by atoms with van der Waals surface area (Å²) in [6.07, 6.45) is 3.22. The number of aryl methyl sites for hydroxylation is 1. The molecule has 2 atom stereocenters. The van der Waals surface area contributed by atoms with Crippen molar-refractivity contribution in [2.24, 2.45) is 5.92 Å². The fraction of sp³-hybridized carbons (Fsp3) is 0.556. The largest absolute Gasteiger partial charge is 0.357 e. The zero-order valence-electron chi connectivity index (χ0n) is 8.19. The highest BCUT2D eigenvalue weighted by molar-refractivity contribution is 7.20. The highest BCUT2D eigenvalue weighted by Crippen LogP contribution is 2.33. The second-order valence-electron chi connectivity index (χ2n) is 3.98. The first kappa shape index (κ1) is 8.23. The van der Waals surface area contributed by atoms with Crippen LogP contribution in [0.3, 0.4) is 0 Å². The van der Waals surface area contributed by atoms with Gasteiger partial charge in [-0.25, -0.2) is 9.50 Å². The van der Waals surface area contributed by atoms with Crippen LogP contribution in [0.15, 0.2) is 6.20 Å². The number of nitrogens with one attached hydrogen (secondary N) is 1. The third-order valence-electron chi connectivity index (χ3n) is 2.58. The van der Waals surface area contributed by atoms with E-state index in [1.807, 2.05) is 17.6 Å². The smallest absolute Gasteiger partial charge is 0.214 e. The molecule has 0 saturated heterocycles. The average molecular weight is 208 g/mol. The molecular weight excluding hydrogens is 196 g/mol. The molecule has 0 radical (unpaired) electrons. The molecule has 1 aliphatic carbocycles. The molecule has 1 aliphatic rings. The Hall–Kier alpha value is -1.10. The molecule has 0 aromatic carbocycles. The van der Waals surface area contributed by atoms with Gasteiger partial charge in [0.25, 0.3) is 0 Å². The van der Waals surface area contributed by atoms with E-state index in [4.69, 9.17) is 0 Å². The van der Waals surface area contributed by atoms with E-state index >= 15 is 0 Å². The number of anilines is 1. The Kier molecular flexibility index (Phi) is 1.58. The summed E-state index contributed by atoms with van der Waals surface area (Å²) < 4.78 is 1.84. The highest BCUT2D eigenvalue weighted by Gasteiger charge is 2.33. The fourth-order valence-corrected chi connectivity index (χ4v) is 2.44. The predicted octanol–water partition coefficient (Wildman–Crippen LogP) is 1.92. The number of fused-ring (bicyclic) bond motifs is 1. The summed E-state index contributed by atoms with van der Waals surface area (Å²) in [5.41, 5.74) is 1.02. The monoisotopic (exact) mass is 208 g/mol. The van der Waals surface area contributed by atoms with Crippen LogP contribution >= 0.6 is 11.3 Å². The van der Waals surface area contributed by atoms with Gasteiger partial charge in [0.15, 0.2) is 0 Å². The van der Waals surface area contributed by atoms with Gasteiger partial charge in [-0.3, -0.25) is 0 Å². The van der Waals surface area contributed by atoms with Crippen LogP contribution in [-0.4, -0.2) is 20.6 Å². The minimum atomic E-state index is 0.631. The molecule has 14 heavy (non-hydrogen) atoms. The molecule has 2 aromatic heterocycles. The van der Waals surface area contributed by atoms with Crippen molar-refractivity contribution in [1.82, 2.24) is 14.6 Å². The molecule has 4 nitrogen and oxygen atoms in total. The topological polar surface area (TPSA) is 42.2 Å². The molecule has 1 saturated carbocycles. The van der Waals surface area contributed by atoms with E-state index in [1.54, 1.807) is 11.3 Å². The minimum absolute atomic E-state index is 0.631. The lowest BCUT2D eigenvalue weighted by molar-refractivity contribution is 0.909. The van der Waals surface area contributed by atoms with Crippen LogP contribution in [0.25, 0.3) is 4.96 Å². The van der Waals surface area contributed by atoms with Gasteiger partial charge in [0, 0.05) is 6.04 Å². The van der Waals surface area contributed by atoms with Crippen LogP contribution in [0.1, 0.15) is 19.0 Å². The summed E-state index contributed by atoms with van der Waals surface area (Å²) in [7, 11) is 0. The molecule has 1 N–H and O–H groups in total. The lowest BCUT2D eigenvalue weighted by Crippen LogP contribution is -2.03. The first-order valence-corrected chi connectivity index (χ1v) is 5.63. The third kappa shape index (κ3) is 1.28. The van der Waals surface area contributed by atoms with Gasteiger partial charge in [0.2, 0.25) is 10.1 Å². The maximum Gasteiger partial charge on any atom is 0.214 e. The van der Waals surface area contributed by atoms with E-state index in [0.717, 1.165) is 21.7 Å². The maximum absolute atomic E-state index is 4.41. The van der Waals surface area contributed by atoms with E-state index in [1.165, 1.54) is 6.42 Å². The van der Waals surface area contributed by atoms with Crippen molar-refractivity contribution in [3.63, 3.8) is 0 Å². The van der Waals surface area contributed by atoms with Crippen molar-refractivity contribution in [3.8, 4) is 0 Å². The zero-order chi connectivity index (χ0) is 9.71. The van der Waals surface area contributed by atoms with Gasteiger partial charge in [-0.2, -0.15) is 0 Å². The van der Waals surface area contributed by atoms with E-state index < -0.39 is 0 Å². The summed E-state index contributed by atoms with van der Waals surface area (Å²) in [6.45, 7) is 4.23. The predicted molar refractivity (Wildman–Crippen MR) is 56.8 cm³/mol. The third-order valence-corrected chi connectivity index (χ3v) is 3.44. The SMILES string of the molecule is Cc1cn2nc(NC3CC3C)sc2n1. The van der Waals surface area contributed by atoms with E-state index in [2.05, 4.69) is 22.3 Å². The summed E-state index contributed by atoms with van der Waals surface area (Å²) in [6, 6.07) is 0.631. The van der Waals surface area contributed by atoms with E-state index in [9.17, 15) is 0 Å².